The van der Waals surface area contributed by atoms with E-state index < -0.39 is 10.1 Å². The van der Waals surface area contributed by atoms with Crippen LogP contribution in [0.25, 0.3) is 0 Å². The number of carbonyl (C=O) groups excluding carboxylic acids is 1. The van der Waals surface area contributed by atoms with Crippen molar-refractivity contribution in [1.82, 2.24) is 4.90 Å². The second-order valence-electron chi connectivity index (χ2n) is 6.50. The van der Waals surface area contributed by atoms with Crippen LogP contribution in [0, 0.1) is 0 Å². The Morgan fingerprint density at radius 1 is 1.00 bits per heavy atom. The molecule has 0 spiro atoms. The molecule has 2 aromatic carbocycles. The summed E-state index contributed by atoms with van der Waals surface area (Å²) in [7, 11) is -0.772. The average Bonchev–Trinajstić information content (AvgIpc) is 2.64. The lowest BCUT2D eigenvalue weighted by molar-refractivity contribution is 0.0686. The fraction of sp³-hybridized carbons (Fsp3) is 0.350. The molecule has 0 fully saturated rings. The molecule has 0 unspecified atom stereocenters. The number of nitrogens with zero attached hydrogens (tertiary/aromatic N) is 1. The van der Waals surface area contributed by atoms with E-state index in [1.165, 1.54) is 14.2 Å². The normalized spacial score (nSPS) is 11.2. The first-order valence-corrected chi connectivity index (χ1v) is 10.5. The van der Waals surface area contributed by atoms with Gasteiger partial charge in [-0.05, 0) is 43.7 Å². The van der Waals surface area contributed by atoms with Crippen LogP contribution in [0.2, 0.25) is 0 Å². The number of hydrogen-bond donors (Lipinski definition) is 0. The number of rotatable bonds is 8. The second kappa shape index (κ2) is 8.97. The number of methoxy groups -OCH3 is 2. The van der Waals surface area contributed by atoms with E-state index in [9.17, 15) is 13.2 Å². The molecule has 7 nitrogen and oxygen atoms in total. The third kappa shape index (κ3) is 5.39. The molecule has 28 heavy (non-hydrogen) atoms. The second-order valence-corrected chi connectivity index (χ2v) is 8.07. The zero-order chi connectivity index (χ0) is 20.9. The highest BCUT2D eigenvalue weighted by Crippen LogP contribution is 2.30. The smallest absolute Gasteiger partial charge is 0.306 e. The van der Waals surface area contributed by atoms with Crippen LogP contribution in [0.3, 0.4) is 0 Å². The van der Waals surface area contributed by atoms with Gasteiger partial charge in [0.05, 0.1) is 26.0 Å². The first-order chi connectivity index (χ1) is 13.2. The van der Waals surface area contributed by atoms with Gasteiger partial charge in [-0.3, -0.25) is 4.79 Å². The molecule has 0 aliphatic heterocycles. The lowest BCUT2D eigenvalue weighted by Gasteiger charge is -2.28. The highest BCUT2D eigenvalue weighted by molar-refractivity contribution is 7.86. The maximum atomic E-state index is 13.1. The highest BCUT2D eigenvalue weighted by atomic mass is 32.2. The van der Waals surface area contributed by atoms with Gasteiger partial charge < -0.3 is 18.6 Å². The molecule has 0 saturated heterocycles. The highest BCUT2D eigenvalue weighted by Gasteiger charge is 2.23. The van der Waals surface area contributed by atoms with E-state index in [4.69, 9.17) is 13.7 Å². The molecule has 0 aliphatic rings. The lowest BCUT2D eigenvalue weighted by atomic mass is 10.1. The first kappa shape index (κ1) is 21.6. The van der Waals surface area contributed by atoms with Crippen molar-refractivity contribution in [1.29, 1.82) is 0 Å². The van der Waals surface area contributed by atoms with E-state index >= 15 is 0 Å². The van der Waals surface area contributed by atoms with Gasteiger partial charge in [-0.15, -0.1) is 0 Å². The van der Waals surface area contributed by atoms with Gasteiger partial charge in [0.2, 0.25) is 0 Å². The number of amides is 1. The van der Waals surface area contributed by atoms with E-state index in [2.05, 4.69) is 0 Å². The summed E-state index contributed by atoms with van der Waals surface area (Å²) < 4.78 is 38.5. The number of carbonyl (C=O) groups is 1. The Labute approximate surface area is 166 Å². The van der Waals surface area contributed by atoms with Crippen LogP contribution >= 0.6 is 0 Å². The molecule has 0 atom stereocenters. The van der Waals surface area contributed by atoms with Gasteiger partial charge in [0.15, 0.2) is 11.5 Å². The van der Waals surface area contributed by atoms with Gasteiger partial charge in [-0.25, -0.2) is 0 Å². The van der Waals surface area contributed by atoms with Crippen LogP contribution in [0.15, 0.2) is 42.5 Å². The van der Waals surface area contributed by atoms with Gasteiger partial charge in [0.25, 0.3) is 5.91 Å². The molecule has 0 aliphatic carbocycles. The van der Waals surface area contributed by atoms with Crippen molar-refractivity contribution in [3.8, 4) is 17.2 Å². The average molecular weight is 407 g/mol. The maximum Gasteiger partial charge on any atom is 0.306 e. The van der Waals surface area contributed by atoms with Gasteiger partial charge in [0, 0.05) is 12.6 Å². The van der Waals surface area contributed by atoms with Crippen LogP contribution in [0.1, 0.15) is 29.8 Å². The summed E-state index contributed by atoms with van der Waals surface area (Å²) in [4.78, 5) is 14.8. The Balaban J connectivity index is 2.36. The predicted molar refractivity (Wildman–Crippen MR) is 106 cm³/mol. The Morgan fingerprint density at radius 2 is 1.64 bits per heavy atom. The quantitative estimate of drug-likeness (QED) is 0.626. The van der Waals surface area contributed by atoms with E-state index in [1.54, 1.807) is 47.4 Å². The van der Waals surface area contributed by atoms with E-state index in [-0.39, 0.29) is 24.2 Å². The molecule has 0 bridgehead atoms. The van der Waals surface area contributed by atoms with Crippen LogP contribution in [0.4, 0.5) is 0 Å². The molecule has 2 aromatic rings. The standard InChI is InChI=1S/C20H25NO6S/c1-14(2)21(20(22)16-8-6-7-9-17(16)25-3)13-15-10-11-18(26-4)19(12-15)27-28(5,23)24/h6-12,14H,13H2,1-5H3. The largest absolute Gasteiger partial charge is 0.496 e. The van der Waals surface area contributed by atoms with E-state index in [0.717, 1.165) is 6.26 Å². The topological polar surface area (TPSA) is 82.1 Å². The van der Waals surface area contributed by atoms with Gasteiger partial charge in [0.1, 0.15) is 5.75 Å². The van der Waals surface area contributed by atoms with Crippen molar-refractivity contribution in [3.05, 3.63) is 53.6 Å². The Hall–Kier alpha value is -2.74. The molecule has 8 heteroatoms. The van der Waals surface area contributed by atoms with E-state index in [1.807, 2.05) is 13.8 Å². The molecule has 0 saturated carbocycles. The SMILES string of the molecule is COc1ccc(CN(C(=O)c2ccccc2OC)C(C)C)cc1OS(C)(=O)=O. The Bertz CT molecular complexity index is 939. The van der Waals surface area contributed by atoms with Crippen LogP contribution in [0.5, 0.6) is 17.2 Å². The fourth-order valence-electron chi connectivity index (χ4n) is 2.71. The minimum Gasteiger partial charge on any atom is -0.496 e. The van der Waals surface area contributed by atoms with Crippen LogP contribution < -0.4 is 13.7 Å². The minimum atomic E-state index is -3.72. The van der Waals surface area contributed by atoms with Crippen molar-refractivity contribution < 1.29 is 26.9 Å². The van der Waals surface area contributed by atoms with Crippen molar-refractivity contribution in [3.63, 3.8) is 0 Å². The molecule has 0 aromatic heterocycles. The lowest BCUT2D eigenvalue weighted by Crippen LogP contribution is -2.36. The van der Waals surface area contributed by atoms with Gasteiger partial charge in [-0.2, -0.15) is 8.42 Å². The number of ether oxygens (including phenoxy) is 2. The van der Waals surface area contributed by atoms with Crippen molar-refractivity contribution in [2.24, 2.45) is 0 Å². The first-order valence-electron chi connectivity index (χ1n) is 8.66. The third-order valence-electron chi connectivity index (χ3n) is 4.04. The number of hydrogen-bond acceptors (Lipinski definition) is 6. The van der Waals surface area contributed by atoms with E-state index in [0.29, 0.717) is 22.6 Å². The molecule has 2 rings (SSSR count). The molecule has 152 valence electrons. The molecular formula is C20H25NO6S. The zero-order valence-corrected chi connectivity index (χ0v) is 17.4. The summed E-state index contributed by atoms with van der Waals surface area (Å²) in [5.74, 6) is 0.681. The fourth-order valence-corrected chi connectivity index (χ4v) is 3.17. The van der Waals surface area contributed by atoms with Crippen molar-refractivity contribution in [2.45, 2.75) is 26.4 Å². The maximum absolute atomic E-state index is 13.1. The number of benzene rings is 2. The summed E-state index contributed by atoms with van der Waals surface area (Å²) in [6.45, 7) is 4.08. The summed E-state index contributed by atoms with van der Waals surface area (Å²) >= 11 is 0. The molecule has 0 heterocycles. The minimum absolute atomic E-state index is 0.0796. The molecular weight excluding hydrogens is 382 g/mol. The summed E-state index contributed by atoms with van der Waals surface area (Å²) in [5.41, 5.74) is 1.16. The summed E-state index contributed by atoms with van der Waals surface area (Å²) in [6.07, 6.45) is 0.963. The summed E-state index contributed by atoms with van der Waals surface area (Å²) in [6, 6.07) is 11.9. The Morgan fingerprint density at radius 3 is 2.21 bits per heavy atom. The Kier molecular flexibility index (Phi) is 6.90. The predicted octanol–water partition coefficient (Wildman–Crippen LogP) is 3.09. The van der Waals surface area contributed by atoms with Crippen LogP contribution in [-0.4, -0.2) is 45.7 Å². The van der Waals surface area contributed by atoms with Crippen LogP contribution in [-0.2, 0) is 16.7 Å². The summed E-state index contributed by atoms with van der Waals surface area (Å²) in [5, 5.41) is 0. The van der Waals surface area contributed by atoms with Crippen molar-refractivity contribution in [2.75, 3.05) is 20.5 Å². The zero-order valence-electron chi connectivity index (χ0n) is 16.6. The van der Waals surface area contributed by atoms with Gasteiger partial charge in [-0.1, -0.05) is 18.2 Å². The molecule has 0 radical (unpaired) electrons. The third-order valence-corrected chi connectivity index (χ3v) is 4.53. The molecule has 0 N–H and O–H groups in total. The van der Waals surface area contributed by atoms with Gasteiger partial charge >= 0.3 is 10.1 Å². The number of para-hydroxylation sites is 1. The molecule has 1 amide bonds. The van der Waals surface area contributed by atoms with Crippen molar-refractivity contribution >= 4 is 16.0 Å². The monoisotopic (exact) mass is 407 g/mol.